The summed E-state index contributed by atoms with van der Waals surface area (Å²) in [5.74, 6) is 1.34. The van der Waals surface area contributed by atoms with E-state index in [0.29, 0.717) is 18.8 Å². The van der Waals surface area contributed by atoms with E-state index in [1.54, 1.807) is 12.1 Å². The van der Waals surface area contributed by atoms with Crippen LogP contribution in [0.4, 0.5) is 0 Å². The third-order valence-corrected chi connectivity index (χ3v) is 1.46. The minimum Gasteiger partial charge on any atom is -0.462 e. The van der Waals surface area contributed by atoms with Crippen LogP contribution in [0.15, 0.2) is 16.5 Å². The highest BCUT2D eigenvalue weighted by molar-refractivity contribution is 5.05. The minimum atomic E-state index is -0.0694. The number of rotatable bonds is 5. The molecule has 3 N–H and O–H groups in total. The summed E-state index contributed by atoms with van der Waals surface area (Å²) in [5, 5.41) is 20.1. The van der Waals surface area contributed by atoms with E-state index >= 15 is 0 Å². The monoisotopic (exact) mass is 171 g/mol. The van der Waals surface area contributed by atoms with Crippen molar-refractivity contribution in [2.75, 3.05) is 13.2 Å². The Morgan fingerprint density at radius 1 is 1.25 bits per heavy atom. The summed E-state index contributed by atoms with van der Waals surface area (Å²) in [4.78, 5) is 0. The highest BCUT2D eigenvalue weighted by Gasteiger charge is 1.98. The normalized spacial score (nSPS) is 10.5. The molecular weight excluding hydrogens is 158 g/mol. The highest BCUT2D eigenvalue weighted by Crippen LogP contribution is 2.06. The number of aliphatic hydroxyl groups is 2. The largest absolute Gasteiger partial charge is 0.462 e. The Hall–Kier alpha value is -0.840. The van der Waals surface area contributed by atoms with Crippen molar-refractivity contribution in [1.82, 2.24) is 5.32 Å². The van der Waals surface area contributed by atoms with Crippen LogP contribution in [0.3, 0.4) is 0 Å². The molecule has 0 saturated heterocycles. The second-order valence-corrected chi connectivity index (χ2v) is 2.43. The SMILES string of the molecule is OCCNCc1ccc(CO)o1. The van der Waals surface area contributed by atoms with Crippen LogP contribution in [0.25, 0.3) is 0 Å². The lowest BCUT2D eigenvalue weighted by atomic mass is 10.4. The fourth-order valence-electron chi connectivity index (χ4n) is 0.893. The molecular formula is C8H13NO3. The first-order chi connectivity index (χ1) is 5.86. The smallest absolute Gasteiger partial charge is 0.129 e. The van der Waals surface area contributed by atoms with Crippen molar-refractivity contribution < 1.29 is 14.6 Å². The number of furan rings is 1. The van der Waals surface area contributed by atoms with Gasteiger partial charge in [-0.1, -0.05) is 0 Å². The summed E-state index contributed by atoms with van der Waals surface area (Å²) in [7, 11) is 0. The first-order valence-electron chi connectivity index (χ1n) is 3.87. The van der Waals surface area contributed by atoms with E-state index in [1.807, 2.05) is 0 Å². The lowest BCUT2D eigenvalue weighted by Crippen LogP contribution is -2.16. The van der Waals surface area contributed by atoms with E-state index in [1.165, 1.54) is 0 Å². The summed E-state index contributed by atoms with van der Waals surface area (Å²) >= 11 is 0. The molecule has 0 unspecified atom stereocenters. The van der Waals surface area contributed by atoms with E-state index in [-0.39, 0.29) is 13.2 Å². The topological polar surface area (TPSA) is 65.6 Å². The van der Waals surface area contributed by atoms with Crippen molar-refractivity contribution in [3.63, 3.8) is 0 Å². The molecule has 0 aliphatic heterocycles. The summed E-state index contributed by atoms with van der Waals surface area (Å²) < 4.78 is 5.19. The van der Waals surface area contributed by atoms with Crippen molar-refractivity contribution in [3.05, 3.63) is 23.7 Å². The average Bonchev–Trinajstić information content (AvgIpc) is 2.53. The molecule has 4 heteroatoms. The maximum absolute atomic E-state index is 8.67. The molecule has 4 nitrogen and oxygen atoms in total. The van der Waals surface area contributed by atoms with Gasteiger partial charge in [0.15, 0.2) is 0 Å². The first-order valence-corrected chi connectivity index (χ1v) is 3.87. The Balaban J connectivity index is 2.31. The van der Waals surface area contributed by atoms with E-state index < -0.39 is 0 Å². The van der Waals surface area contributed by atoms with Crippen LogP contribution < -0.4 is 5.32 Å². The molecule has 0 aromatic carbocycles. The van der Waals surface area contributed by atoms with Gasteiger partial charge in [0.05, 0.1) is 13.2 Å². The molecule has 0 spiro atoms. The highest BCUT2D eigenvalue weighted by atomic mass is 16.4. The van der Waals surface area contributed by atoms with Gasteiger partial charge in [-0.3, -0.25) is 0 Å². The minimum absolute atomic E-state index is 0.0694. The van der Waals surface area contributed by atoms with Crippen molar-refractivity contribution in [2.45, 2.75) is 13.2 Å². The van der Waals surface area contributed by atoms with Gasteiger partial charge in [-0.15, -0.1) is 0 Å². The van der Waals surface area contributed by atoms with Gasteiger partial charge in [-0.2, -0.15) is 0 Å². The molecule has 0 fully saturated rings. The van der Waals surface area contributed by atoms with Crippen LogP contribution in [0.1, 0.15) is 11.5 Å². The summed E-state index contributed by atoms with van der Waals surface area (Å²) in [6, 6.07) is 3.53. The molecule has 0 aliphatic carbocycles. The Labute approximate surface area is 70.8 Å². The lowest BCUT2D eigenvalue weighted by Gasteiger charge is -1.97. The maximum Gasteiger partial charge on any atom is 0.129 e. The molecule has 0 aliphatic rings. The molecule has 0 radical (unpaired) electrons. The maximum atomic E-state index is 8.67. The van der Waals surface area contributed by atoms with Crippen LogP contribution in [-0.2, 0) is 13.2 Å². The second-order valence-electron chi connectivity index (χ2n) is 2.43. The van der Waals surface area contributed by atoms with Gasteiger partial charge < -0.3 is 19.9 Å². The Bertz CT molecular complexity index is 222. The zero-order chi connectivity index (χ0) is 8.81. The Morgan fingerprint density at radius 2 is 2.00 bits per heavy atom. The van der Waals surface area contributed by atoms with Crippen LogP contribution >= 0.6 is 0 Å². The molecule has 0 saturated carbocycles. The van der Waals surface area contributed by atoms with Crippen LogP contribution in [0.5, 0.6) is 0 Å². The molecule has 1 aromatic heterocycles. The fourth-order valence-corrected chi connectivity index (χ4v) is 0.893. The molecule has 0 atom stereocenters. The van der Waals surface area contributed by atoms with Gasteiger partial charge in [0, 0.05) is 6.54 Å². The van der Waals surface area contributed by atoms with Crippen LogP contribution in [0, 0.1) is 0 Å². The molecule has 0 bridgehead atoms. The lowest BCUT2D eigenvalue weighted by molar-refractivity contribution is 0.241. The predicted molar refractivity (Wildman–Crippen MR) is 43.4 cm³/mol. The van der Waals surface area contributed by atoms with Gasteiger partial charge in [0.1, 0.15) is 18.1 Å². The fraction of sp³-hybridized carbons (Fsp3) is 0.500. The molecule has 68 valence electrons. The van der Waals surface area contributed by atoms with Gasteiger partial charge in [0.25, 0.3) is 0 Å². The second kappa shape index (κ2) is 4.92. The summed E-state index contributed by atoms with van der Waals surface area (Å²) in [6.07, 6.45) is 0. The quantitative estimate of drug-likeness (QED) is 0.539. The Kier molecular flexibility index (Phi) is 3.79. The molecule has 1 rings (SSSR count). The standard InChI is InChI=1S/C8H13NO3/c10-4-3-9-5-7-1-2-8(6-11)12-7/h1-2,9-11H,3-6H2. The summed E-state index contributed by atoms with van der Waals surface area (Å²) in [6.45, 7) is 1.18. The molecule has 12 heavy (non-hydrogen) atoms. The van der Waals surface area contributed by atoms with E-state index in [0.717, 1.165) is 5.76 Å². The molecule has 1 heterocycles. The molecule has 1 aromatic rings. The van der Waals surface area contributed by atoms with Crippen LogP contribution in [0.2, 0.25) is 0 Å². The average molecular weight is 171 g/mol. The van der Waals surface area contributed by atoms with Gasteiger partial charge in [-0.05, 0) is 12.1 Å². The van der Waals surface area contributed by atoms with Crippen molar-refractivity contribution >= 4 is 0 Å². The predicted octanol–water partition coefficient (Wildman–Crippen LogP) is -0.146. The third-order valence-electron chi connectivity index (χ3n) is 1.46. The summed E-state index contributed by atoms with van der Waals surface area (Å²) in [5.41, 5.74) is 0. The molecule has 0 amide bonds. The zero-order valence-electron chi connectivity index (χ0n) is 6.79. The zero-order valence-corrected chi connectivity index (χ0v) is 6.79. The number of aliphatic hydroxyl groups excluding tert-OH is 2. The van der Waals surface area contributed by atoms with E-state index in [4.69, 9.17) is 14.6 Å². The van der Waals surface area contributed by atoms with Crippen molar-refractivity contribution in [3.8, 4) is 0 Å². The van der Waals surface area contributed by atoms with Crippen LogP contribution in [-0.4, -0.2) is 23.4 Å². The van der Waals surface area contributed by atoms with E-state index in [9.17, 15) is 0 Å². The Morgan fingerprint density at radius 3 is 2.58 bits per heavy atom. The third kappa shape index (κ3) is 2.65. The van der Waals surface area contributed by atoms with Gasteiger partial charge in [-0.25, -0.2) is 0 Å². The van der Waals surface area contributed by atoms with Gasteiger partial charge in [0.2, 0.25) is 0 Å². The first kappa shape index (κ1) is 9.25. The number of nitrogens with one attached hydrogen (secondary N) is 1. The number of hydrogen-bond donors (Lipinski definition) is 3. The van der Waals surface area contributed by atoms with E-state index in [2.05, 4.69) is 5.32 Å². The number of hydrogen-bond acceptors (Lipinski definition) is 4. The van der Waals surface area contributed by atoms with Gasteiger partial charge >= 0.3 is 0 Å². The van der Waals surface area contributed by atoms with Crippen molar-refractivity contribution in [1.29, 1.82) is 0 Å². The van der Waals surface area contributed by atoms with Crippen molar-refractivity contribution in [2.24, 2.45) is 0 Å².